The van der Waals surface area contributed by atoms with Crippen LogP contribution >= 0.6 is 23.7 Å². The maximum absolute atomic E-state index is 11.6. The third-order valence-electron chi connectivity index (χ3n) is 2.38. The Morgan fingerprint density at radius 1 is 1.42 bits per heavy atom. The Bertz CT molecular complexity index is 528. The summed E-state index contributed by atoms with van der Waals surface area (Å²) in [6.45, 7) is 3.96. The monoisotopic (exact) mass is 327 g/mol. The minimum absolute atomic E-state index is 0. The first-order valence-corrected chi connectivity index (χ1v) is 7.73. The highest BCUT2D eigenvalue weighted by Gasteiger charge is 2.17. The Kier molecular flexibility index (Phi) is 6.95. The Morgan fingerprint density at radius 2 is 2.00 bits per heavy atom. The van der Waals surface area contributed by atoms with Gasteiger partial charge in [-0.2, -0.15) is 0 Å². The molecule has 0 aliphatic carbocycles. The molecule has 1 atom stereocenters. The molecule has 0 aliphatic heterocycles. The lowest BCUT2D eigenvalue weighted by molar-refractivity contribution is -0.123. The molecule has 19 heavy (non-hydrogen) atoms. The van der Waals surface area contributed by atoms with Gasteiger partial charge in [0.05, 0.1) is 12.6 Å². The SMILES string of the molecule is CC(C)[C@H](N)C(=O)NCc1ccc(S(N)(=O)=O)s1.Cl. The highest BCUT2D eigenvalue weighted by molar-refractivity contribution is 7.91. The van der Waals surface area contributed by atoms with Gasteiger partial charge in [0.25, 0.3) is 0 Å². The van der Waals surface area contributed by atoms with Gasteiger partial charge in [-0.05, 0) is 18.1 Å². The highest BCUT2D eigenvalue weighted by atomic mass is 35.5. The van der Waals surface area contributed by atoms with Crippen molar-refractivity contribution in [3.8, 4) is 0 Å². The molecule has 6 nitrogen and oxygen atoms in total. The summed E-state index contributed by atoms with van der Waals surface area (Å²) >= 11 is 1.03. The average molecular weight is 328 g/mol. The molecule has 0 fully saturated rings. The van der Waals surface area contributed by atoms with Gasteiger partial charge in [-0.15, -0.1) is 23.7 Å². The van der Waals surface area contributed by atoms with Crippen molar-refractivity contribution in [3.63, 3.8) is 0 Å². The summed E-state index contributed by atoms with van der Waals surface area (Å²) in [5.74, 6) is -0.205. The van der Waals surface area contributed by atoms with E-state index in [0.29, 0.717) is 4.88 Å². The Morgan fingerprint density at radius 3 is 2.42 bits per heavy atom. The standard InChI is InChI=1S/C10H17N3O3S2.ClH/c1-6(2)9(11)10(14)13-5-7-3-4-8(17-7)18(12,15)16;/h3-4,6,9H,5,11H2,1-2H3,(H,13,14)(H2,12,15,16);1H/t9-;/m0./s1. The van der Waals surface area contributed by atoms with E-state index in [-0.39, 0.29) is 35.0 Å². The molecule has 0 bridgehead atoms. The zero-order valence-electron chi connectivity index (χ0n) is 10.6. The number of amides is 1. The van der Waals surface area contributed by atoms with Crippen LogP contribution in [0.15, 0.2) is 16.3 Å². The van der Waals surface area contributed by atoms with E-state index < -0.39 is 16.1 Å². The first-order chi connectivity index (χ1) is 8.21. The number of carbonyl (C=O) groups is 1. The molecule has 0 aromatic carbocycles. The largest absolute Gasteiger partial charge is 0.350 e. The van der Waals surface area contributed by atoms with Gasteiger partial charge < -0.3 is 11.1 Å². The van der Waals surface area contributed by atoms with Crippen LogP contribution in [0.3, 0.4) is 0 Å². The van der Waals surface area contributed by atoms with Crippen molar-refractivity contribution < 1.29 is 13.2 Å². The molecule has 9 heteroatoms. The zero-order chi connectivity index (χ0) is 13.9. The van der Waals surface area contributed by atoms with E-state index in [1.807, 2.05) is 13.8 Å². The summed E-state index contributed by atoms with van der Waals surface area (Å²) in [5.41, 5.74) is 5.67. The summed E-state index contributed by atoms with van der Waals surface area (Å²) in [6.07, 6.45) is 0. The van der Waals surface area contributed by atoms with Crippen molar-refractivity contribution in [2.45, 2.75) is 30.6 Å². The number of rotatable bonds is 5. The Hall–Kier alpha value is -0.670. The van der Waals surface area contributed by atoms with Crippen molar-refractivity contribution in [1.29, 1.82) is 0 Å². The number of nitrogens with two attached hydrogens (primary N) is 2. The maximum Gasteiger partial charge on any atom is 0.247 e. The van der Waals surface area contributed by atoms with E-state index >= 15 is 0 Å². The number of hydrogen-bond acceptors (Lipinski definition) is 5. The molecule has 1 amide bonds. The Balaban J connectivity index is 0.00000324. The minimum Gasteiger partial charge on any atom is -0.350 e. The van der Waals surface area contributed by atoms with Gasteiger partial charge in [0.15, 0.2) is 0 Å². The fourth-order valence-corrected chi connectivity index (χ4v) is 2.92. The number of thiophene rings is 1. The van der Waals surface area contributed by atoms with Crippen molar-refractivity contribution in [2.75, 3.05) is 0 Å². The Labute approximate surface area is 123 Å². The van der Waals surface area contributed by atoms with Gasteiger partial charge in [-0.3, -0.25) is 4.79 Å². The van der Waals surface area contributed by atoms with Crippen molar-refractivity contribution >= 4 is 39.7 Å². The van der Waals surface area contributed by atoms with Crippen LogP contribution in [0, 0.1) is 5.92 Å². The van der Waals surface area contributed by atoms with Crippen molar-refractivity contribution in [2.24, 2.45) is 16.8 Å². The van der Waals surface area contributed by atoms with E-state index in [2.05, 4.69) is 5.32 Å². The predicted molar refractivity (Wildman–Crippen MR) is 77.6 cm³/mol. The molecule has 1 aromatic heterocycles. The van der Waals surface area contributed by atoms with E-state index in [1.165, 1.54) is 6.07 Å². The van der Waals surface area contributed by atoms with E-state index in [1.54, 1.807) is 6.07 Å². The average Bonchev–Trinajstić information content (AvgIpc) is 2.72. The molecular formula is C10H18ClN3O3S2. The van der Waals surface area contributed by atoms with Gasteiger partial charge >= 0.3 is 0 Å². The molecule has 0 spiro atoms. The van der Waals surface area contributed by atoms with Crippen LogP contribution in [0.4, 0.5) is 0 Å². The molecule has 0 saturated heterocycles. The quantitative estimate of drug-likeness (QED) is 0.726. The van der Waals surface area contributed by atoms with Gasteiger partial charge in [0.1, 0.15) is 4.21 Å². The molecule has 1 rings (SSSR count). The van der Waals surface area contributed by atoms with E-state index in [4.69, 9.17) is 10.9 Å². The van der Waals surface area contributed by atoms with Crippen LogP contribution in [0.25, 0.3) is 0 Å². The molecule has 0 aliphatic rings. The highest BCUT2D eigenvalue weighted by Crippen LogP contribution is 2.19. The molecular weight excluding hydrogens is 310 g/mol. The second kappa shape index (κ2) is 7.20. The summed E-state index contributed by atoms with van der Waals surface area (Å²) in [7, 11) is -3.67. The van der Waals surface area contributed by atoms with Gasteiger partial charge in [0, 0.05) is 4.88 Å². The third-order valence-corrected chi connectivity index (χ3v) is 4.90. The van der Waals surface area contributed by atoms with Crippen LogP contribution in [-0.4, -0.2) is 20.4 Å². The fraction of sp³-hybridized carbons (Fsp3) is 0.500. The molecule has 5 N–H and O–H groups in total. The van der Waals surface area contributed by atoms with E-state index in [0.717, 1.165) is 11.3 Å². The van der Waals surface area contributed by atoms with Gasteiger partial charge in [-0.25, -0.2) is 13.6 Å². The molecule has 0 radical (unpaired) electrons. The number of halogens is 1. The first kappa shape index (κ1) is 18.3. The topological polar surface area (TPSA) is 115 Å². The van der Waals surface area contributed by atoms with Crippen LogP contribution < -0.4 is 16.2 Å². The van der Waals surface area contributed by atoms with Gasteiger partial charge in [-0.1, -0.05) is 13.8 Å². The summed E-state index contributed by atoms with van der Waals surface area (Å²) in [6, 6.07) is 2.47. The fourth-order valence-electron chi connectivity index (χ4n) is 1.20. The summed E-state index contributed by atoms with van der Waals surface area (Å²) < 4.78 is 22.2. The van der Waals surface area contributed by atoms with Crippen LogP contribution in [0.2, 0.25) is 0 Å². The third kappa shape index (κ3) is 5.45. The van der Waals surface area contributed by atoms with Crippen LogP contribution in [0.1, 0.15) is 18.7 Å². The lowest BCUT2D eigenvalue weighted by Crippen LogP contribution is -2.43. The second-order valence-electron chi connectivity index (χ2n) is 4.25. The van der Waals surface area contributed by atoms with Gasteiger partial charge in [0.2, 0.25) is 15.9 Å². The number of carbonyl (C=O) groups excluding carboxylic acids is 1. The summed E-state index contributed by atoms with van der Waals surface area (Å²) in [5, 5.41) is 7.64. The zero-order valence-corrected chi connectivity index (χ0v) is 13.1. The number of sulfonamides is 1. The van der Waals surface area contributed by atoms with Crippen molar-refractivity contribution in [3.05, 3.63) is 17.0 Å². The minimum atomic E-state index is -3.67. The lowest BCUT2D eigenvalue weighted by atomic mass is 10.1. The smallest absolute Gasteiger partial charge is 0.247 e. The molecule has 0 saturated carbocycles. The molecule has 110 valence electrons. The number of nitrogens with one attached hydrogen (secondary N) is 1. The first-order valence-electron chi connectivity index (χ1n) is 5.36. The van der Waals surface area contributed by atoms with Crippen LogP contribution in [-0.2, 0) is 21.4 Å². The lowest BCUT2D eigenvalue weighted by Gasteiger charge is -2.14. The predicted octanol–water partition coefficient (Wildman–Crippen LogP) is 0.417. The second-order valence-corrected chi connectivity index (χ2v) is 7.21. The maximum atomic E-state index is 11.6. The van der Waals surface area contributed by atoms with E-state index in [9.17, 15) is 13.2 Å². The summed E-state index contributed by atoms with van der Waals surface area (Å²) in [4.78, 5) is 12.3. The normalized spacial score (nSPS) is 12.9. The molecule has 0 unspecified atom stereocenters. The molecule has 1 heterocycles. The number of primary sulfonamides is 1. The van der Waals surface area contributed by atoms with Crippen LogP contribution in [0.5, 0.6) is 0 Å². The molecule has 1 aromatic rings. The number of hydrogen-bond donors (Lipinski definition) is 3. The van der Waals surface area contributed by atoms with Crippen molar-refractivity contribution in [1.82, 2.24) is 5.32 Å².